The normalized spacial score (nSPS) is 10.4. The number of phenols is 1. The second-order valence-corrected chi connectivity index (χ2v) is 4.00. The minimum Gasteiger partial charge on any atom is -0.508 e. The van der Waals surface area contributed by atoms with Crippen LogP contribution >= 0.6 is 0 Å². The van der Waals surface area contributed by atoms with Crippen LogP contribution in [0, 0.1) is 5.82 Å². The van der Waals surface area contributed by atoms with E-state index in [2.05, 4.69) is 6.58 Å². The van der Waals surface area contributed by atoms with Crippen molar-refractivity contribution in [1.82, 2.24) is 4.90 Å². The average molecular weight is 237 g/mol. The maximum Gasteiger partial charge on any atom is 0.257 e. The van der Waals surface area contributed by atoms with Crippen LogP contribution in [-0.4, -0.2) is 28.5 Å². The van der Waals surface area contributed by atoms with E-state index < -0.39 is 11.7 Å². The molecular weight excluding hydrogens is 221 g/mol. The van der Waals surface area contributed by atoms with Gasteiger partial charge in [-0.05, 0) is 26.0 Å². The largest absolute Gasteiger partial charge is 0.508 e. The van der Waals surface area contributed by atoms with Crippen molar-refractivity contribution < 1.29 is 14.3 Å². The fraction of sp³-hybridized carbons (Fsp3) is 0.308. The molecule has 0 spiro atoms. The first-order chi connectivity index (χ1) is 7.97. The summed E-state index contributed by atoms with van der Waals surface area (Å²) in [7, 11) is 0. The maximum atomic E-state index is 13.5. The van der Waals surface area contributed by atoms with Gasteiger partial charge in [-0.2, -0.15) is 0 Å². The number of nitrogens with zero attached hydrogens (tertiary/aromatic N) is 1. The van der Waals surface area contributed by atoms with Gasteiger partial charge in [-0.1, -0.05) is 6.08 Å². The Bertz CT molecular complexity index is 429. The van der Waals surface area contributed by atoms with E-state index in [0.29, 0.717) is 6.54 Å². The van der Waals surface area contributed by atoms with E-state index in [-0.39, 0.29) is 17.4 Å². The lowest BCUT2D eigenvalue weighted by atomic mass is 10.1. The predicted molar refractivity (Wildman–Crippen MR) is 64.4 cm³/mol. The van der Waals surface area contributed by atoms with Crippen molar-refractivity contribution >= 4 is 5.91 Å². The quantitative estimate of drug-likeness (QED) is 0.817. The lowest BCUT2D eigenvalue weighted by Gasteiger charge is -2.25. The number of hydrogen-bond acceptors (Lipinski definition) is 2. The summed E-state index contributed by atoms with van der Waals surface area (Å²) in [4.78, 5) is 13.6. The van der Waals surface area contributed by atoms with Crippen LogP contribution in [0.25, 0.3) is 0 Å². The molecule has 0 aromatic heterocycles. The summed E-state index contributed by atoms with van der Waals surface area (Å²) in [6.45, 7) is 7.62. The van der Waals surface area contributed by atoms with Crippen LogP contribution in [0.3, 0.4) is 0 Å². The van der Waals surface area contributed by atoms with Gasteiger partial charge in [0.2, 0.25) is 0 Å². The van der Waals surface area contributed by atoms with Crippen molar-refractivity contribution in [3.8, 4) is 5.75 Å². The molecule has 0 aliphatic heterocycles. The Hall–Kier alpha value is -1.84. The number of aromatic hydroxyl groups is 1. The van der Waals surface area contributed by atoms with Crippen LogP contribution in [0.1, 0.15) is 24.2 Å². The molecule has 0 heterocycles. The first-order valence-electron chi connectivity index (χ1n) is 5.37. The minimum absolute atomic E-state index is 0.0432. The molecule has 0 unspecified atom stereocenters. The molecule has 0 radical (unpaired) electrons. The highest BCUT2D eigenvalue weighted by Crippen LogP contribution is 2.17. The number of phenolic OH excluding ortho intramolecular Hbond substituents is 1. The van der Waals surface area contributed by atoms with Crippen molar-refractivity contribution in [2.75, 3.05) is 6.54 Å². The van der Waals surface area contributed by atoms with Gasteiger partial charge in [-0.15, -0.1) is 6.58 Å². The van der Waals surface area contributed by atoms with Crippen LogP contribution < -0.4 is 0 Å². The Morgan fingerprint density at radius 2 is 2.24 bits per heavy atom. The molecule has 17 heavy (non-hydrogen) atoms. The molecule has 4 heteroatoms. The summed E-state index contributed by atoms with van der Waals surface area (Å²) in [5, 5.41) is 9.09. The molecule has 0 saturated heterocycles. The molecular formula is C13H16FNO2. The van der Waals surface area contributed by atoms with Crippen LogP contribution in [0.4, 0.5) is 4.39 Å². The van der Waals surface area contributed by atoms with Crippen molar-refractivity contribution in [3.63, 3.8) is 0 Å². The van der Waals surface area contributed by atoms with E-state index in [9.17, 15) is 9.18 Å². The Kier molecular flexibility index (Phi) is 4.26. The molecule has 1 amide bonds. The Labute approximate surface area is 100 Å². The molecule has 92 valence electrons. The molecule has 0 aliphatic rings. The van der Waals surface area contributed by atoms with Gasteiger partial charge in [0.05, 0.1) is 5.56 Å². The highest BCUT2D eigenvalue weighted by atomic mass is 19.1. The van der Waals surface area contributed by atoms with Crippen LogP contribution in [0.15, 0.2) is 30.9 Å². The van der Waals surface area contributed by atoms with Crippen molar-refractivity contribution in [1.29, 1.82) is 0 Å². The van der Waals surface area contributed by atoms with Crippen LogP contribution in [0.2, 0.25) is 0 Å². The number of hydrogen-bond donors (Lipinski definition) is 1. The first-order valence-corrected chi connectivity index (χ1v) is 5.37. The fourth-order valence-electron chi connectivity index (χ4n) is 1.50. The molecule has 0 fully saturated rings. The summed E-state index contributed by atoms with van der Waals surface area (Å²) in [6.07, 6.45) is 1.59. The highest BCUT2D eigenvalue weighted by Gasteiger charge is 2.20. The number of rotatable bonds is 4. The Morgan fingerprint density at radius 1 is 1.59 bits per heavy atom. The van der Waals surface area contributed by atoms with E-state index in [1.165, 1.54) is 17.0 Å². The summed E-state index contributed by atoms with van der Waals surface area (Å²) in [6, 6.07) is 3.46. The second-order valence-electron chi connectivity index (χ2n) is 4.00. The first kappa shape index (κ1) is 13.2. The van der Waals surface area contributed by atoms with Crippen LogP contribution in [-0.2, 0) is 0 Å². The zero-order chi connectivity index (χ0) is 13.0. The summed E-state index contributed by atoms with van der Waals surface area (Å²) in [5.74, 6) is -1.32. The van der Waals surface area contributed by atoms with E-state index in [1.54, 1.807) is 6.08 Å². The minimum atomic E-state index is -0.718. The molecule has 3 nitrogen and oxygen atoms in total. The number of amides is 1. The molecule has 0 atom stereocenters. The van der Waals surface area contributed by atoms with Gasteiger partial charge in [-0.25, -0.2) is 4.39 Å². The predicted octanol–water partition coefficient (Wildman–Crippen LogP) is 2.57. The third-order valence-electron chi connectivity index (χ3n) is 2.39. The van der Waals surface area contributed by atoms with E-state index >= 15 is 0 Å². The van der Waals surface area contributed by atoms with Gasteiger partial charge in [0.1, 0.15) is 11.6 Å². The molecule has 0 bridgehead atoms. The zero-order valence-corrected chi connectivity index (χ0v) is 9.98. The molecule has 1 aromatic carbocycles. The molecule has 1 rings (SSSR count). The number of carbonyl (C=O) groups excluding carboxylic acids is 1. The smallest absolute Gasteiger partial charge is 0.257 e. The van der Waals surface area contributed by atoms with E-state index in [4.69, 9.17) is 5.11 Å². The van der Waals surface area contributed by atoms with Crippen molar-refractivity contribution in [2.24, 2.45) is 0 Å². The zero-order valence-electron chi connectivity index (χ0n) is 9.98. The standard InChI is InChI=1S/C13H16FNO2/c1-4-7-15(9(2)3)13(17)11-6-5-10(16)8-12(11)14/h4-6,8-9,16H,1,7H2,2-3H3. The maximum absolute atomic E-state index is 13.5. The molecule has 0 saturated carbocycles. The highest BCUT2D eigenvalue weighted by molar-refractivity contribution is 5.94. The van der Waals surface area contributed by atoms with Gasteiger partial charge in [-0.3, -0.25) is 4.79 Å². The SMILES string of the molecule is C=CCN(C(=O)c1ccc(O)cc1F)C(C)C. The molecule has 0 aliphatic carbocycles. The lowest BCUT2D eigenvalue weighted by molar-refractivity contribution is 0.0724. The Balaban J connectivity index is 3.05. The van der Waals surface area contributed by atoms with Gasteiger partial charge >= 0.3 is 0 Å². The second kappa shape index (κ2) is 5.48. The number of halogens is 1. The van der Waals surface area contributed by atoms with Crippen molar-refractivity contribution in [2.45, 2.75) is 19.9 Å². The third kappa shape index (κ3) is 3.06. The third-order valence-corrected chi connectivity index (χ3v) is 2.39. The summed E-state index contributed by atoms with van der Waals surface area (Å²) < 4.78 is 13.5. The topological polar surface area (TPSA) is 40.5 Å². The fourth-order valence-corrected chi connectivity index (χ4v) is 1.50. The van der Waals surface area contributed by atoms with Gasteiger partial charge in [0.25, 0.3) is 5.91 Å². The van der Waals surface area contributed by atoms with Crippen molar-refractivity contribution in [3.05, 3.63) is 42.2 Å². The van der Waals surface area contributed by atoms with Gasteiger partial charge in [0, 0.05) is 18.7 Å². The summed E-state index contributed by atoms with van der Waals surface area (Å²) in [5.41, 5.74) is -0.0432. The van der Waals surface area contributed by atoms with E-state index in [0.717, 1.165) is 6.07 Å². The average Bonchev–Trinajstić information content (AvgIpc) is 2.24. The van der Waals surface area contributed by atoms with Crippen LogP contribution in [0.5, 0.6) is 5.75 Å². The van der Waals surface area contributed by atoms with Gasteiger partial charge < -0.3 is 10.0 Å². The number of benzene rings is 1. The summed E-state index contributed by atoms with van der Waals surface area (Å²) >= 11 is 0. The van der Waals surface area contributed by atoms with E-state index in [1.807, 2.05) is 13.8 Å². The lowest BCUT2D eigenvalue weighted by Crippen LogP contribution is -2.37. The van der Waals surface area contributed by atoms with Gasteiger partial charge in [0.15, 0.2) is 0 Å². The molecule has 1 aromatic rings. The number of carbonyl (C=O) groups is 1. The molecule has 1 N–H and O–H groups in total. The Morgan fingerprint density at radius 3 is 2.71 bits per heavy atom. The monoisotopic (exact) mass is 237 g/mol.